The molecule has 6 rings (SSSR count). The summed E-state index contributed by atoms with van der Waals surface area (Å²) in [6, 6.07) is 11.3. The number of pyridine rings is 1. The second-order valence-corrected chi connectivity index (χ2v) is 12.3. The highest BCUT2D eigenvalue weighted by atomic mass is 19.2. The first-order valence-corrected chi connectivity index (χ1v) is 15.9. The van der Waals surface area contributed by atoms with Crippen LogP contribution in [0, 0.1) is 122 Å². The van der Waals surface area contributed by atoms with E-state index in [1.54, 1.807) is 23.0 Å². The molecule has 0 atom stereocenters. The SMILES string of the molecule is Fc1c(F)c(F)c([B-](c2c(F)c(F)c(F)c(F)c2F)(c2c(F)c(F)c(F)c(F)c2F)c2c(F)c(F)c(F)c(F)c2F)c(F)c1F.O=C(C[n+]1ccccc1)c1cccc(F)c1. The smallest absolute Gasteiger partial charge is 0.227 e. The molecule has 24 heteroatoms. The third kappa shape index (κ3) is 7.30. The standard InChI is InChI=1S/C24BF20.C13H11FNO/c26-5-1(6(27)14(35)21(42)13(5)34)25(2-7(28)15(36)22(43)16(37)8(2)29,3-9(30)17(38)23(44)18(39)10(3)31)4-11(32)19(40)24(45)20(41)12(4)33;14-12-6-4-5-11(9-12)13(16)10-15-7-2-1-3-8-15/h;1-9H,10H2/q-1;+1. The van der Waals surface area contributed by atoms with Gasteiger partial charge in [-0.1, -0.05) is 18.2 Å². The Bertz CT molecular complexity index is 2380. The molecule has 0 bridgehead atoms. The predicted molar refractivity (Wildman–Crippen MR) is 167 cm³/mol. The molecule has 0 saturated carbocycles. The van der Waals surface area contributed by atoms with Crippen molar-refractivity contribution in [1.82, 2.24) is 0 Å². The summed E-state index contributed by atoms with van der Waals surface area (Å²) >= 11 is 0. The van der Waals surface area contributed by atoms with Gasteiger partial charge >= 0.3 is 0 Å². The van der Waals surface area contributed by atoms with Crippen molar-refractivity contribution in [2.24, 2.45) is 0 Å². The van der Waals surface area contributed by atoms with Crippen LogP contribution in [0.1, 0.15) is 10.4 Å². The van der Waals surface area contributed by atoms with E-state index in [1.807, 2.05) is 18.2 Å². The summed E-state index contributed by atoms with van der Waals surface area (Å²) in [5.41, 5.74) is -13.9. The molecule has 0 saturated heterocycles. The number of nitrogens with zero attached hydrogens (tertiary/aromatic N) is 1. The van der Waals surface area contributed by atoms with Gasteiger partial charge in [-0.3, -0.25) is 4.79 Å². The van der Waals surface area contributed by atoms with Crippen LogP contribution in [0.15, 0.2) is 54.9 Å². The van der Waals surface area contributed by atoms with Gasteiger partial charge in [0.05, 0.1) is 0 Å². The minimum absolute atomic E-state index is 0.101. The number of ketones is 1. The summed E-state index contributed by atoms with van der Waals surface area (Å²) in [4.78, 5) is 11.8. The predicted octanol–water partition coefficient (Wildman–Crippen LogP) is 7.84. The van der Waals surface area contributed by atoms with Gasteiger partial charge in [-0.25, -0.2) is 92.2 Å². The van der Waals surface area contributed by atoms with Crippen molar-refractivity contribution in [2.45, 2.75) is 6.54 Å². The number of aromatic nitrogens is 1. The van der Waals surface area contributed by atoms with E-state index in [-0.39, 0.29) is 18.1 Å². The number of Topliss-reactive ketones (excluding diaryl/α,β-unsaturated/α-hetero) is 1. The van der Waals surface area contributed by atoms with Crippen LogP contribution < -0.4 is 26.4 Å². The molecule has 0 aliphatic rings. The first-order chi connectivity index (χ1) is 28.5. The Hall–Kier alpha value is -6.49. The Morgan fingerprint density at radius 1 is 0.361 bits per heavy atom. The zero-order valence-electron chi connectivity index (χ0n) is 28.8. The van der Waals surface area contributed by atoms with Crippen molar-refractivity contribution in [3.05, 3.63) is 183 Å². The molecule has 0 N–H and O–H groups in total. The fourth-order valence-electron chi connectivity index (χ4n) is 6.33. The molecule has 2 nitrogen and oxygen atoms in total. The molecule has 0 fully saturated rings. The molecular weight excluding hydrogens is 884 g/mol. The molecule has 320 valence electrons. The number of hydrogen-bond acceptors (Lipinski definition) is 1. The number of halogens is 21. The first kappa shape index (κ1) is 45.6. The molecule has 6 aromatic rings. The zero-order chi connectivity index (χ0) is 45.7. The molecule has 1 aromatic heterocycles. The summed E-state index contributed by atoms with van der Waals surface area (Å²) in [5, 5.41) is 0. The van der Waals surface area contributed by atoms with Gasteiger partial charge in [0.1, 0.15) is 58.5 Å². The lowest BCUT2D eigenvalue weighted by atomic mass is 9.12. The Balaban J connectivity index is 0.000000366. The second-order valence-electron chi connectivity index (χ2n) is 12.3. The van der Waals surface area contributed by atoms with Crippen LogP contribution >= 0.6 is 0 Å². The van der Waals surface area contributed by atoms with Gasteiger partial charge in [0.15, 0.2) is 82.2 Å². The average Bonchev–Trinajstić information content (AvgIpc) is 3.24. The molecule has 1 heterocycles. The zero-order valence-corrected chi connectivity index (χ0v) is 28.8. The summed E-state index contributed by atoms with van der Waals surface area (Å²) in [5.74, 6) is -71.9. The summed E-state index contributed by atoms with van der Waals surface area (Å²) in [6.45, 7) is 0.226. The molecule has 0 amide bonds. The van der Waals surface area contributed by atoms with Gasteiger partial charge in [0.2, 0.25) is 12.3 Å². The average molecular weight is 895 g/mol. The van der Waals surface area contributed by atoms with Crippen LogP contribution in [0.2, 0.25) is 0 Å². The summed E-state index contributed by atoms with van der Waals surface area (Å²) < 4.78 is 309. The lowest BCUT2D eigenvalue weighted by Crippen LogP contribution is -2.81. The van der Waals surface area contributed by atoms with Crippen molar-refractivity contribution in [2.75, 3.05) is 0 Å². The van der Waals surface area contributed by atoms with Gasteiger partial charge in [0.25, 0.3) is 0 Å². The van der Waals surface area contributed by atoms with Crippen LogP contribution in [0.5, 0.6) is 0 Å². The summed E-state index contributed by atoms with van der Waals surface area (Å²) in [7, 11) is 0. The number of rotatable bonds is 7. The second kappa shape index (κ2) is 16.9. The third-order valence-corrected chi connectivity index (χ3v) is 8.96. The molecule has 0 aliphatic heterocycles. The van der Waals surface area contributed by atoms with Crippen LogP contribution in [-0.2, 0) is 6.54 Å². The van der Waals surface area contributed by atoms with Gasteiger partial charge in [-0.05, 0) is 12.1 Å². The maximum atomic E-state index is 15.4. The molecule has 0 spiro atoms. The molecule has 0 radical (unpaired) electrons. The monoisotopic (exact) mass is 895 g/mol. The quantitative estimate of drug-likeness (QED) is 0.0400. The van der Waals surface area contributed by atoms with Crippen LogP contribution in [0.4, 0.5) is 92.2 Å². The van der Waals surface area contributed by atoms with Gasteiger partial charge in [0, 0.05) is 17.7 Å². The molecule has 0 unspecified atom stereocenters. The van der Waals surface area contributed by atoms with Crippen LogP contribution in [-0.4, -0.2) is 11.9 Å². The minimum atomic E-state index is -7.22. The third-order valence-electron chi connectivity index (χ3n) is 8.96. The maximum absolute atomic E-state index is 15.4. The van der Waals surface area contributed by atoms with Crippen molar-refractivity contribution in [1.29, 1.82) is 0 Å². The molecule has 5 aromatic carbocycles. The van der Waals surface area contributed by atoms with E-state index in [1.165, 1.54) is 18.2 Å². The number of benzene rings is 5. The largest absolute Gasteiger partial charge is 0.287 e. The Kier molecular flexibility index (Phi) is 12.6. The fraction of sp³-hybridized carbons (Fsp3) is 0.0270. The van der Waals surface area contributed by atoms with Crippen molar-refractivity contribution in [3.63, 3.8) is 0 Å². The lowest BCUT2D eigenvalue weighted by Gasteiger charge is -2.44. The lowest BCUT2D eigenvalue weighted by molar-refractivity contribution is -0.683. The minimum Gasteiger partial charge on any atom is -0.287 e. The Morgan fingerprint density at radius 2 is 0.623 bits per heavy atom. The van der Waals surface area contributed by atoms with Crippen LogP contribution in [0.3, 0.4) is 0 Å². The van der Waals surface area contributed by atoms with Gasteiger partial charge < -0.3 is 0 Å². The molecular formula is C37H11BF21NO. The van der Waals surface area contributed by atoms with E-state index in [4.69, 9.17) is 0 Å². The normalized spacial score (nSPS) is 11.5. The van der Waals surface area contributed by atoms with E-state index >= 15 is 35.1 Å². The fourth-order valence-corrected chi connectivity index (χ4v) is 6.33. The highest BCUT2D eigenvalue weighted by molar-refractivity contribution is 7.20. The summed E-state index contributed by atoms with van der Waals surface area (Å²) in [6.07, 6.45) is -3.61. The molecule has 61 heavy (non-hydrogen) atoms. The Labute approximate surface area is 324 Å². The topological polar surface area (TPSA) is 20.9 Å². The highest BCUT2D eigenvalue weighted by Crippen LogP contribution is 2.30. The van der Waals surface area contributed by atoms with E-state index in [0.717, 1.165) is 0 Å². The van der Waals surface area contributed by atoms with Crippen LogP contribution in [0.25, 0.3) is 0 Å². The van der Waals surface area contributed by atoms with E-state index in [2.05, 4.69) is 0 Å². The van der Waals surface area contributed by atoms with E-state index in [9.17, 15) is 61.9 Å². The number of carbonyl (C=O) groups is 1. The number of carbonyl (C=O) groups excluding carboxylic acids is 1. The highest BCUT2D eigenvalue weighted by Gasteiger charge is 2.52. The number of hydrogen-bond donors (Lipinski definition) is 0. The van der Waals surface area contributed by atoms with Crippen molar-refractivity contribution >= 4 is 33.8 Å². The Morgan fingerprint density at radius 3 is 0.885 bits per heavy atom. The van der Waals surface area contributed by atoms with Gasteiger partial charge in [-0.2, -0.15) is 4.57 Å². The van der Waals surface area contributed by atoms with Crippen molar-refractivity contribution in [3.8, 4) is 0 Å². The van der Waals surface area contributed by atoms with E-state index < -0.39 is 144 Å². The van der Waals surface area contributed by atoms with Gasteiger partial charge in [-0.15, -0.1) is 21.9 Å². The maximum Gasteiger partial charge on any atom is 0.227 e. The molecule has 0 aliphatic carbocycles. The van der Waals surface area contributed by atoms with Crippen molar-refractivity contribution < 1.29 is 102 Å². The van der Waals surface area contributed by atoms with E-state index in [0.29, 0.717) is 5.56 Å². The first-order valence-electron chi connectivity index (χ1n) is 15.9.